The van der Waals surface area contributed by atoms with Crippen molar-refractivity contribution in [1.82, 2.24) is 20.0 Å². The zero-order chi connectivity index (χ0) is 15.5. The van der Waals surface area contributed by atoms with Crippen LogP contribution in [0.1, 0.15) is 21.9 Å². The molecule has 1 N–H and O–H groups in total. The van der Waals surface area contributed by atoms with Gasteiger partial charge in [0.15, 0.2) is 5.69 Å². The first kappa shape index (κ1) is 13.9. The summed E-state index contributed by atoms with van der Waals surface area (Å²) in [6, 6.07) is 14.9. The van der Waals surface area contributed by atoms with Gasteiger partial charge in [-0.05, 0) is 38.1 Å². The molecule has 1 aromatic carbocycles. The first-order valence-corrected chi connectivity index (χ1v) is 6.88. The summed E-state index contributed by atoms with van der Waals surface area (Å²) in [7, 11) is 0. The molecule has 2 aromatic heterocycles. The lowest BCUT2D eigenvalue weighted by Gasteiger charge is -2.03. The summed E-state index contributed by atoms with van der Waals surface area (Å²) in [5, 5.41) is 11.3. The fourth-order valence-electron chi connectivity index (χ4n) is 2.05. The minimum Gasteiger partial charge on any atom is -0.305 e. The lowest BCUT2D eigenvalue weighted by atomic mass is 10.3. The Hall–Kier alpha value is -3.02. The van der Waals surface area contributed by atoms with E-state index in [-0.39, 0.29) is 11.6 Å². The highest BCUT2D eigenvalue weighted by atomic mass is 16.2. The Kier molecular flexibility index (Phi) is 3.65. The summed E-state index contributed by atoms with van der Waals surface area (Å²) in [6.45, 7) is 3.62. The van der Waals surface area contributed by atoms with Crippen LogP contribution in [0, 0.1) is 13.8 Å². The molecule has 0 saturated carbocycles. The number of nitrogens with one attached hydrogen (secondary N) is 1. The van der Waals surface area contributed by atoms with Crippen molar-refractivity contribution < 1.29 is 4.79 Å². The molecule has 2 heterocycles. The van der Waals surface area contributed by atoms with Crippen LogP contribution < -0.4 is 5.32 Å². The summed E-state index contributed by atoms with van der Waals surface area (Å²) in [5.41, 5.74) is 2.49. The van der Waals surface area contributed by atoms with E-state index in [9.17, 15) is 4.79 Å². The van der Waals surface area contributed by atoms with Gasteiger partial charge in [-0.25, -0.2) is 4.98 Å². The number of benzene rings is 1. The quantitative estimate of drug-likeness (QED) is 0.805. The molecule has 3 rings (SSSR count). The lowest BCUT2D eigenvalue weighted by Crippen LogP contribution is -2.15. The first-order valence-electron chi connectivity index (χ1n) is 6.88. The summed E-state index contributed by atoms with van der Waals surface area (Å²) in [4.78, 5) is 18.0. The molecule has 6 nitrogen and oxygen atoms in total. The third kappa shape index (κ3) is 2.85. The molecule has 0 fully saturated rings. The van der Waals surface area contributed by atoms with Crippen molar-refractivity contribution in [2.75, 3.05) is 5.32 Å². The van der Waals surface area contributed by atoms with Crippen LogP contribution in [-0.2, 0) is 0 Å². The summed E-state index contributed by atoms with van der Waals surface area (Å²) in [6.07, 6.45) is 0. The summed E-state index contributed by atoms with van der Waals surface area (Å²) in [5.74, 6) is 0.177. The van der Waals surface area contributed by atoms with Crippen LogP contribution in [0.5, 0.6) is 0 Å². The number of carbonyl (C=O) groups excluding carboxylic acids is 1. The number of pyridine rings is 1. The molecule has 110 valence electrons. The van der Waals surface area contributed by atoms with Crippen molar-refractivity contribution in [2.45, 2.75) is 13.8 Å². The molecular weight excluding hydrogens is 278 g/mol. The summed E-state index contributed by atoms with van der Waals surface area (Å²) >= 11 is 0. The van der Waals surface area contributed by atoms with Crippen molar-refractivity contribution in [3.63, 3.8) is 0 Å². The van der Waals surface area contributed by atoms with E-state index in [1.807, 2.05) is 49.4 Å². The van der Waals surface area contributed by atoms with Gasteiger partial charge in [0, 0.05) is 5.69 Å². The Morgan fingerprint density at radius 1 is 1.00 bits per heavy atom. The number of hydrogen-bond acceptors (Lipinski definition) is 4. The van der Waals surface area contributed by atoms with E-state index < -0.39 is 0 Å². The van der Waals surface area contributed by atoms with Crippen LogP contribution >= 0.6 is 0 Å². The van der Waals surface area contributed by atoms with Crippen LogP contribution in [0.15, 0.2) is 48.5 Å². The lowest BCUT2D eigenvalue weighted by molar-refractivity contribution is 0.102. The number of amides is 1. The van der Waals surface area contributed by atoms with E-state index in [2.05, 4.69) is 20.5 Å². The molecule has 0 aliphatic rings. The van der Waals surface area contributed by atoms with Gasteiger partial charge in [-0.15, -0.1) is 5.10 Å². The molecule has 0 bridgehead atoms. The van der Waals surface area contributed by atoms with Crippen molar-refractivity contribution in [3.8, 4) is 5.69 Å². The van der Waals surface area contributed by atoms with Gasteiger partial charge in [-0.1, -0.05) is 24.3 Å². The third-order valence-corrected chi connectivity index (χ3v) is 3.11. The fourth-order valence-corrected chi connectivity index (χ4v) is 2.05. The van der Waals surface area contributed by atoms with E-state index in [1.165, 1.54) is 4.80 Å². The Balaban J connectivity index is 1.86. The van der Waals surface area contributed by atoms with Crippen LogP contribution in [-0.4, -0.2) is 25.9 Å². The Labute approximate surface area is 127 Å². The van der Waals surface area contributed by atoms with E-state index in [1.54, 1.807) is 13.0 Å². The van der Waals surface area contributed by atoms with Crippen molar-refractivity contribution in [2.24, 2.45) is 0 Å². The highest BCUT2D eigenvalue weighted by Gasteiger charge is 2.16. The zero-order valence-corrected chi connectivity index (χ0v) is 12.3. The zero-order valence-electron chi connectivity index (χ0n) is 12.3. The van der Waals surface area contributed by atoms with Crippen LogP contribution in [0.3, 0.4) is 0 Å². The van der Waals surface area contributed by atoms with Gasteiger partial charge < -0.3 is 5.32 Å². The SMILES string of the molecule is Cc1cccc(NC(=O)c2nn(-c3ccccc3)nc2C)n1. The number of anilines is 1. The smallest absolute Gasteiger partial charge is 0.279 e. The molecule has 6 heteroatoms. The maximum atomic E-state index is 12.3. The molecule has 0 aliphatic heterocycles. The Morgan fingerprint density at radius 2 is 1.77 bits per heavy atom. The van der Waals surface area contributed by atoms with Gasteiger partial charge in [0.05, 0.1) is 11.4 Å². The van der Waals surface area contributed by atoms with Crippen LogP contribution in [0.2, 0.25) is 0 Å². The van der Waals surface area contributed by atoms with Crippen molar-refractivity contribution in [1.29, 1.82) is 0 Å². The number of carbonyl (C=O) groups is 1. The van der Waals surface area contributed by atoms with Gasteiger partial charge in [0.1, 0.15) is 5.82 Å². The largest absolute Gasteiger partial charge is 0.305 e. The maximum absolute atomic E-state index is 12.3. The number of hydrogen-bond donors (Lipinski definition) is 1. The number of nitrogens with zero attached hydrogens (tertiary/aromatic N) is 4. The monoisotopic (exact) mass is 293 g/mol. The van der Waals surface area contributed by atoms with Gasteiger partial charge in [-0.2, -0.15) is 9.90 Å². The van der Waals surface area contributed by atoms with E-state index in [0.717, 1.165) is 11.4 Å². The topological polar surface area (TPSA) is 72.7 Å². The molecule has 0 atom stereocenters. The highest BCUT2D eigenvalue weighted by molar-refractivity contribution is 6.02. The molecular formula is C16H15N5O. The Morgan fingerprint density at radius 3 is 2.50 bits per heavy atom. The number of aryl methyl sites for hydroxylation is 2. The number of aromatic nitrogens is 4. The first-order chi connectivity index (χ1) is 10.6. The minimum absolute atomic E-state index is 0.284. The maximum Gasteiger partial charge on any atom is 0.279 e. The normalized spacial score (nSPS) is 10.5. The second-order valence-corrected chi connectivity index (χ2v) is 4.88. The van der Waals surface area contributed by atoms with Crippen LogP contribution in [0.4, 0.5) is 5.82 Å². The molecule has 3 aromatic rings. The van der Waals surface area contributed by atoms with Crippen molar-refractivity contribution >= 4 is 11.7 Å². The molecule has 0 unspecified atom stereocenters. The predicted octanol–water partition coefficient (Wildman–Crippen LogP) is 2.53. The Bertz CT molecular complexity index is 810. The number of para-hydroxylation sites is 1. The van der Waals surface area contributed by atoms with Gasteiger partial charge in [-0.3, -0.25) is 4.79 Å². The highest BCUT2D eigenvalue weighted by Crippen LogP contribution is 2.11. The second-order valence-electron chi connectivity index (χ2n) is 4.88. The predicted molar refractivity (Wildman–Crippen MR) is 83.0 cm³/mol. The van der Waals surface area contributed by atoms with Crippen molar-refractivity contribution in [3.05, 3.63) is 65.6 Å². The van der Waals surface area contributed by atoms with Crippen LogP contribution in [0.25, 0.3) is 5.69 Å². The van der Waals surface area contributed by atoms with Gasteiger partial charge in [0.2, 0.25) is 0 Å². The summed E-state index contributed by atoms with van der Waals surface area (Å²) < 4.78 is 0. The van der Waals surface area contributed by atoms with E-state index >= 15 is 0 Å². The fraction of sp³-hybridized carbons (Fsp3) is 0.125. The van der Waals surface area contributed by atoms with Gasteiger partial charge >= 0.3 is 0 Å². The second kappa shape index (κ2) is 5.77. The molecule has 22 heavy (non-hydrogen) atoms. The van der Waals surface area contributed by atoms with E-state index in [0.29, 0.717) is 11.5 Å². The standard InChI is InChI=1S/C16H15N5O/c1-11-7-6-10-14(17-11)18-16(22)15-12(2)19-21(20-15)13-8-4-3-5-9-13/h3-10H,1-2H3,(H,17,18,22). The molecule has 1 amide bonds. The molecule has 0 aliphatic carbocycles. The van der Waals surface area contributed by atoms with E-state index in [4.69, 9.17) is 0 Å². The average molecular weight is 293 g/mol. The van der Waals surface area contributed by atoms with Gasteiger partial charge in [0.25, 0.3) is 5.91 Å². The average Bonchev–Trinajstić information content (AvgIpc) is 2.90. The molecule has 0 saturated heterocycles. The molecule has 0 spiro atoms. The third-order valence-electron chi connectivity index (χ3n) is 3.11. The molecule has 0 radical (unpaired) electrons. The minimum atomic E-state index is -0.321. The number of rotatable bonds is 3.